The monoisotopic (exact) mass is 283 g/mol. The van der Waals surface area contributed by atoms with E-state index in [1.807, 2.05) is 0 Å². The van der Waals surface area contributed by atoms with Gasteiger partial charge in [-0.3, -0.25) is 0 Å². The summed E-state index contributed by atoms with van der Waals surface area (Å²) in [6.07, 6.45) is 2.17. The van der Waals surface area contributed by atoms with Crippen LogP contribution >= 0.6 is 15.9 Å². The average Bonchev–Trinajstić information content (AvgIpc) is 2.99. The molecule has 2 unspecified atom stereocenters. The van der Waals surface area contributed by atoms with Crippen LogP contribution in [0.3, 0.4) is 0 Å². The summed E-state index contributed by atoms with van der Waals surface area (Å²) in [5.74, 6) is 3.29. The van der Waals surface area contributed by atoms with Crippen molar-refractivity contribution in [1.82, 2.24) is 9.97 Å². The Morgan fingerprint density at radius 3 is 2.56 bits per heavy atom. The highest BCUT2D eigenvalue weighted by atomic mass is 79.9. The lowest BCUT2D eigenvalue weighted by Crippen LogP contribution is -2.07. The second-order valence-electron chi connectivity index (χ2n) is 4.39. The van der Waals surface area contributed by atoms with Gasteiger partial charge < -0.3 is 5.32 Å². The molecule has 16 heavy (non-hydrogen) atoms. The Morgan fingerprint density at radius 2 is 2.06 bits per heavy atom. The first kappa shape index (κ1) is 11.8. The number of aryl methyl sites for hydroxylation is 1. The van der Waals surface area contributed by atoms with E-state index in [0.29, 0.717) is 5.92 Å². The van der Waals surface area contributed by atoms with Crippen LogP contribution in [-0.2, 0) is 6.42 Å². The van der Waals surface area contributed by atoms with E-state index in [1.165, 1.54) is 6.42 Å². The summed E-state index contributed by atoms with van der Waals surface area (Å²) in [4.78, 5) is 9.26. The molecule has 1 aromatic heterocycles. The van der Waals surface area contributed by atoms with Crippen LogP contribution < -0.4 is 5.32 Å². The molecule has 0 amide bonds. The van der Waals surface area contributed by atoms with Gasteiger partial charge in [0.25, 0.3) is 0 Å². The van der Waals surface area contributed by atoms with Crippen LogP contribution in [0.2, 0.25) is 0 Å². The zero-order valence-corrected chi connectivity index (χ0v) is 11.6. The normalized spacial score (nSPS) is 23.2. The maximum Gasteiger partial charge on any atom is 0.144 e. The van der Waals surface area contributed by atoms with Crippen molar-refractivity contribution in [3.8, 4) is 0 Å². The Balaban J connectivity index is 2.36. The van der Waals surface area contributed by atoms with Gasteiger partial charge in [0.05, 0.1) is 10.2 Å². The molecule has 0 aliphatic heterocycles. The Morgan fingerprint density at radius 1 is 1.38 bits per heavy atom. The largest absolute Gasteiger partial charge is 0.369 e. The number of nitrogens with one attached hydrogen (secondary N) is 1. The average molecular weight is 284 g/mol. The van der Waals surface area contributed by atoms with Crippen LogP contribution in [0.15, 0.2) is 4.47 Å². The van der Waals surface area contributed by atoms with Crippen LogP contribution in [0.25, 0.3) is 0 Å². The van der Waals surface area contributed by atoms with Crippen LogP contribution in [0, 0.1) is 5.92 Å². The number of nitrogens with zero attached hydrogens (tertiary/aromatic N) is 2. The molecule has 0 bridgehead atoms. The molecule has 1 N–H and O–H groups in total. The van der Waals surface area contributed by atoms with Crippen molar-refractivity contribution in [1.29, 1.82) is 0 Å². The van der Waals surface area contributed by atoms with Crippen LogP contribution in [0.5, 0.6) is 0 Å². The van der Waals surface area contributed by atoms with Gasteiger partial charge in [-0.05, 0) is 41.6 Å². The predicted molar refractivity (Wildman–Crippen MR) is 69.8 cm³/mol. The molecule has 2 atom stereocenters. The molecule has 1 saturated carbocycles. The van der Waals surface area contributed by atoms with Crippen molar-refractivity contribution in [3.05, 3.63) is 16.0 Å². The summed E-state index contributed by atoms with van der Waals surface area (Å²) in [5, 5.41) is 3.29. The van der Waals surface area contributed by atoms with Crippen molar-refractivity contribution in [2.45, 2.75) is 39.5 Å². The van der Waals surface area contributed by atoms with Gasteiger partial charge in [-0.25, -0.2) is 9.97 Å². The molecule has 1 fully saturated rings. The first-order chi connectivity index (χ1) is 7.67. The number of hydrogen-bond acceptors (Lipinski definition) is 3. The number of rotatable bonds is 4. The second kappa shape index (κ2) is 4.70. The van der Waals surface area contributed by atoms with E-state index in [9.17, 15) is 0 Å². The Kier molecular flexibility index (Phi) is 3.47. The van der Waals surface area contributed by atoms with Gasteiger partial charge in [0, 0.05) is 12.5 Å². The first-order valence-corrected chi connectivity index (χ1v) is 6.76. The molecule has 4 heteroatoms. The van der Waals surface area contributed by atoms with Gasteiger partial charge in [-0.1, -0.05) is 13.8 Å². The van der Waals surface area contributed by atoms with Crippen LogP contribution in [0.4, 0.5) is 5.82 Å². The number of halogens is 1. The summed E-state index contributed by atoms with van der Waals surface area (Å²) >= 11 is 3.57. The van der Waals surface area contributed by atoms with E-state index in [-0.39, 0.29) is 0 Å². The van der Waals surface area contributed by atoms with E-state index >= 15 is 0 Å². The fourth-order valence-corrected chi connectivity index (χ4v) is 2.48. The fraction of sp³-hybridized carbons (Fsp3) is 0.667. The third-order valence-corrected chi connectivity index (χ3v) is 3.89. The number of hydrogen-bond donors (Lipinski definition) is 1. The SMILES string of the molecule is CCNc1nc(C2CC2C)nc(CC)c1Br. The Labute approximate surface area is 105 Å². The zero-order valence-electron chi connectivity index (χ0n) is 10.0. The maximum atomic E-state index is 4.65. The summed E-state index contributed by atoms with van der Waals surface area (Å²) in [7, 11) is 0. The van der Waals surface area contributed by atoms with Crippen molar-refractivity contribution in [3.63, 3.8) is 0 Å². The van der Waals surface area contributed by atoms with Crippen molar-refractivity contribution >= 4 is 21.7 Å². The molecule has 0 aromatic carbocycles. The number of aromatic nitrogens is 2. The third kappa shape index (κ3) is 2.21. The second-order valence-corrected chi connectivity index (χ2v) is 5.19. The zero-order chi connectivity index (χ0) is 11.7. The highest BCUT2D eigenvalue weighted by Gasteiger charge is 2.37. The minimum Gasteiger partial charge on any atom is -0.369 e. The standard InChI is InChI=1S/C12H18BrN3/c1-4-9-10(13)12(14-5-2)16-11(15-9)8-6-7(8)3/h7-8H,4-6H2,1-3H3,(H,14,15,16). The van der Waals surface area contributed by atoms with E-state index < -0.39 is 0 Å². The van der Waals surface area contributed by atoms with E-state index in [4.69, 9.17) is 0 Å². The molecular weight excluding hydrogens is 266 g/mol. The highest BCUT2D eigenvalue weighted by molar-refractivity contribution is 9.10. The van der Waals surface area contributed by atoms with E-state index in [2.05, 4.69) is 52.0 Å². The molecule has 2 rings (SSSR count). The molecular formula is C12H18BrN3. The third-order valence-electron chi connectivity index (χ3n) is 3.06. The topological polar surface area (TPSA) is 37.8 Å². The van der Waals surface area contributed by atoms with Gasteiger partial charge >= 0.3 is 0 Å². The summed E-state index contributed by atoms with van der Waals surface area (Å²) in [6.45, 7) is 7.36. The molecule has 1 aromatic rings. The molecule has 0 spiro atoms. The van der Waals surface area contributed by atoms with Crippen molar-refractivity contribution < 1.29 is 0 Å². The van der Waals surface area contributed by atoms with Crippen LogP contribution in [-0.4, -0.2) is 16.5 Å². The lowest BCUT2D eigenvalue weighted by atomic mass is 10.2. The number of anilines is 1. The van der Waals surface area contributed by atoms with Gasteiger partial charge in [0.1, 0.15) is 11.6 Å². The van der Waals surface area contributed by atoms with Gasteiger partial charge in [0.15, 0.2) is 0 Å². The molecule has 1 heterocycles. The first-order valence-electron chi connectivity index (χ1n) is 5.97. The minimum absolute atomic E-state index is 0.579. The van der Waals surface area contributed by atoms with Gasteiger partial charge in [0.2, 0.25) is 0 Å². The van der Waals surface area contributed by atoms with E-state index in [0.717, 1.165) is 40.7 Å². The summed E-state index contributed by atoms with van der Waals surface area (Å²) in [6, 6.07) is 0. The maximum absolute atomic E-state index is 4.65. The summed E-state index contributed by atoms with van der Waals surface area (Å²) in [5.41, 5.74) is 1.11. The molecule has 0 radical (unpaired) electrons. The highest BCUT2D eigenvalue weighted by Crippen LogP contribution is 2.46. The summed E-state index contributed by atoms with van der Waals surface area (Å²) < 4.78 is 1.02. The Hall–Kier alpha value is -0.640. The van der Waals surface area contributed by atoms with Crippen molar-refractivity contribution in [2.24, 2.45) is 5.92 Å². The fourth-order valence-electron chi connectivity index (χ4n) is 1.88. The van der Waals surface area contributed by atoms with Gasteiger partial charge in [-0.15, -0.1) is 0 Å². The van der Waals surface area contributed by atoms with Gasteiger partial charge in [-0.2, -0.15) is 0 Å². The molecule has 1 aliphatic carbocycles. The predicted octanol–water partition coefficient (Wildman–Crippen LogP) is 3.36. The smallest absolute Gasteiger partial charge is 0.144 e. The Bertz CT molecular complexity index is 392. The van der Waals surface area contributed by atoms with Crippen LogP contribution in [0.1, 0.15) is 44.6 Å². The lowest BCUT2D eigenvalue weighted by molar-refractivity contribution is 0.817. The minimum atomic E-state index is 0.579. The lowest BCUT2D eigenvalue weighted by Gasteiger charge is -2.10. The quantitative estimate of drug-likeness (QED) is 0.921. The van der Waals surface area contributed by atoms with E-state index in [1.54, 1.807) is 0 Å². The molecule has 0 saturated heterocycles. The van der Waals surface area contributed by atoms with Crippen molar-refractivity contribution in [2.75, 3.05) is 11.9 Å². The molecule has 1 aliphatic rings. The molecule has 3 nitrogen and oxygen atoms in total. The molecule has 88 valence electrons.